The van der Waals surface area contributed by atoms with E-state index < -0.39 is 0 Å². The Morgan fingerprint density at radius 2 is 1.95 bits per heavy atom. The molecule has 0 saturated carbocycles. The van der Waals surface area contributed by atoms with Crippen molar-refractivity contribution in [3.8, 4) is 0 Å². The largest absolute Gasteiger partial charge is 0.447 e. The average molecular weight is 303 g/mol. The van der Waals surface area contributed by atoms with Gasteiger partial charge in [-0.1, -0.05) is 12.1 Å². The second-order valence-corrected chi connectivity index (χ2v) is 5.97. The predicted octanol–water partition coefficient (Wildman–Crippen LogP) is 2.51. The molecule has 1 aliphatic rings. The average Bonchev–Trinajstić information content (AvgIpc) is 2.82. The van der Waals surface area contributed by atoms with E-state index >= 15 is 0 Å². The van der Waals surface area contributed by atoms with Crippen LogP contribution in [0.1, 0.15) is 32.7 Å². The van der Waals surface area contributed by atoms with Crippen LogP contribution < -0.4 is 5.69 Å². The number of hydrogen-bond acceptors (Lipinski definition) is 3. The van der Waals surface area contributed by atoms with Gasteiger partial charge in [0.1, 0.15) is 0 Å². The van der Waals surface area contributed by atoms with Crippen LogP contribution in [0.25, 0.3) is 11.0 Å². The summed E-state index contributed by atoms with van der Waals surface area (Å²) in [6.07, 6.45) is 1.14. The second-order valence-electron chi connectivity index (χ2n) is 5.97. The molecular formula is C16H21N3O3. The molecule has 6 heteroatoms. The third kappa shape index (κ3) is 2.73. The molecule has 1 aliphatic heterocycles. The summed E-state index contributed by atoms with van der Waals surface area (Å²) in [6, 6.07) is 7.82. The van der Waals surface area contributed by atoms with Gasteiger partial charge >= 0.3 is 11.8 Å². The fourth-order valence-electron chi connectivity index (χ4n) is 3.02. The van der Waals surface area contributed by atoms with Crippen molar-refractivity contribution in [3.05, 3.63) is 34.7 Å². The Morgan fingerprint density at radius 3 is 2.64 bits per heavy atom. The zero-order valence-corrected chi connectivity index (χ0v) is 12.9. The van der Waals surface area contributed by atoms with E-state index in [1.165, 1.54) is 0 Å². The first-order chi connectivity index (χ1) is 10.6. The van der Waals surface area contributed by atoms with Gasteiger partial charge in [0.15, 0.2) is 0 Å². The van der Waals surface area contributed by atoms with Crippen molar-refractivity contribution < 1.29 is 9.53 Å². The van der Waals surface area contributed by atoms with Crippen LogP contribution in [0.3, 0.4) is 0 Å². The van der Waals surface area contributed by atoms with Gasteiger partial charge in [0.05, 0.1) is 17.1 Å². The number of ether oxygens (including phenoxy) is 1. The van der Waals surface area contributed by atoms with Crippen LogP contribution in [-0.2, 0) is 4.74 Å². The summed E-state index contributed by atoms with van der Waals surface area (Å²) >= 11 is 0. The van der Waals surface area contributed by atoms with Crippen LogP contribution in [0.15, 0.2) is 29.1 Å². The van der Waals surface area contributed by atoms with E-state index in [-0.39, 0.29) is 23.9 Å². The van der Waals surface area contributed by atoms with Crippen LogP contribution in [0.2, 0.25) is 0 Å². The molecule has 0 unspecified atom stereocenters. The number of aromatic amines is 1. The molecule has 1 amide bonds. The molecule has 118 valence electrons. The van der Waals surface area contributed by atoms with Gasteiger partial charge in [-0.05, 0) is 38.8 Å². The van der Waals surface area contributed by atoms with E-state index in [0.29, 0.717) is 13.1 Å². The zero-order valence-electron chi connectivity index (χ0n) is 12.9. The molecule has 6 nitrogen and oxygen atoms in total. The number of nitrogens with one attached hydrogen (secondary N) is 1. The number of aromatic nitrogens is 2. The molecule has 1 saturated heterocycles. The summed E-state index contributed by atoms with van der Waals surface area (Å²) in [6.45, 7) is 4.91. The summed E-state index contributed by atoms with van der Waals surface area (Å²) in [7, 11) is 0. The van der Waals surface area contributed by atoms with Crippen molar-refractivity contribution in [3.63, 3.8) is 0 Å². The summed E-state index contributed by atoms with van der Waals surface area (Å²) in [5.74, 6) is 0. The lowest BCUT2D eigenvalue weighted by molar-refractivity contribution is 0.0661. The monoisotopic (exact) mass is 303 g/mol. The Morgan fingerprint density at radius 1 is 1.27 bits per heavy atom. The van der Waals surface area contributed by atoms with Gasteiger partial charge in [-0.2, -0.15) is 0 Å². The van der Waals surface area contributed by atoms with Gasteiger partial charge in [0.2, 0.25) is 0 Å². The highest BCUT2D eigenvalue weighted by atomic mass is 16.6. The van der Waals surface area contributed by atoms with Gasteiger partial charge in [0, 0.05) is 19.1 Å². The lowest BCUT2D eigenvalue weighted by atomic mass is 10.0. The highest BCUT2D eigenvalue weighted by Gasteiger charge is 2.27. The molecule has 1 N–H and O–H groups in total. The van der Waals surface area contributed by atoms with Crippen molar-refractivity contribution in [2.75, 3.05) is 13.1 Å². The molecule has 0 spiro atoms. The number of carbonyl (C=O) groups is 1. The number of benzene rings is 1. The molecule has 2 heterocycles. The first kappa shape index (κ1) is 14.7. The topological polar surface area (TPSA) is 67.3 Å². The molecule has 0 bridgehead atoms. The molecule has 22 heavy (non-hydrogen) atoms. The molecule has 1 aromatic heterocycles. The van der Waals surface area contributed by atoms with Crippen molar-refractivity contribution in [1.29, 1.82) is 0 Å². The predicted molar refractivity (Wildman–Crippen MR) is 84.0 cm³/mol. The number of fused-ring (bicyclic) bond motifs is 1. The number of nitrogens with zero attached hydrogens (tertiary/aromatic N) is 2. The highest BCUT2D eigenvalue weighted by Crippen LogP contribution is 2.25. The fourth-order valence-corrected chi connectivity index (χ4v) is 3.02. The highest BCUT2D eigenvalue weighted by molar-refractivity contribution is 5.75. The smallest absolute Gasteiger partial charge is 0.410 e. The van der Waals surface area contributed by atoms with E-state index in [2.05, 4.69) is 4.98 Å². The summed E-state index contributed by atoms with van der Waals surface area (Å²) in [5, 5.41) is 0. The summed E-state index contributed by atoms with van der Waals surface area (Å²) < 4.78 is 7.04. The number of likely N-dealkylation sites (tertiary alicyclic amines) is 1. The van der Waals surface area contributed by atoms with Crippen LogP contribution in [-0.4, -0.2) is 39.7 Å². The Labute approximate surface area is 128 Å². The minimum Gasteiger partial charge on any atom is -0.447 e. The minimum absolute atomic E-state index is 0.0793. The minimum atomic E-state index is -0.264. The van der Waals surface area contributed by atoms with Crippen LogP contribution in [0.5, 0.6) is 0 Å². The molecule has 0 radical (unpaired) electrons. The molecular weight excluding hydrogens is 282 g/mol. The van der Waals surface area contributed by atoms with Crippen LogP contribution in [0, 0.1) is 0 Å². The quantitative estimate of drug-likeness (QED) is 0.927. The van der Waals surface area contributed by atoms with Gasteiger partial charge in [-0.3, -0.25) is 4.57 Å². The number of carbonyl (C=O) groups excluding carboxylic acids is 1. The van der Waals surface area contributed by atoms with Crippen molar-refractivity contribution in [1.82, 2.24) is 14.5 Å². The van der Waals surface area contributed by atoms with Gasteiger partial charge in [0.25, 0.3) is 0 Å². The van der Waals surface area contributed by atoms with E-state index in [1.807, 2.05) is 42.7 Å². The lowest BCUT2D eigenvalue weighted by Gasteiger charge is -2.32. The Balaban J connectivity index is 1.75. The lowest BCUT2D eigenvalue weighted by Crippen LogP contribution is -2.41. The maximum atomic E-state index is 12.2. The van der Waals surface area contributed by atoms with Crippen molar-refractivity contribution in [2.24, 2.45) is 0 Å². The number of rotatable bonds is 2. The van der Waals surface area contributed by atoms with Crippen LogP contribution in [0.4, 0.5) is 4.79 Å². The van der Waals surface area contributed by atoms with Crippen molar-refractivity contribution in [2.45, 2.75) is 38.8 Å². The van der Waals surface area contributed by atoms with Crippen molar-refractivity contribution >= 4 is 17.1 Å². The van der Waals surface area contributed by atoms with E-state index in [1.54, 1.807) is 4.90 Å². The number of amides is 1. The Bertz CT molecular complexity index is 724. The Hall–Kier alpha value is -2.24. The Kier molecular flexibility index (Phi) is 3.92. The molecule has 1 aromatic carbocycles. The number of hydrogen-bond donors (Lipinski definition) is 1. The summed E-state index contributed by atoms with van der Waals surface area (Å²) in [4.78, 5) is 28.7. The maximum Gasteiger partial charge on any atom is 0.410 e. The zero-order chi connectivity index (χ0) is 15.7. The van der Waals surface area contributed by atoms with Gasteiger partial charge in [-0.25, -0.2) is 9.59 Å². The van der Waals surface area contributed by atoms with E-state index in [4.69, 9.17) is 4.74 Å². The first-order valence-corrected chi connectivity index (χ1v) is 7.71. The second kappa shape index (κ2) is 5.87. The fraction of sp³-hybridized carbons (Fsp3) is 0.500. The molecule has 0 atom stereocenters. The maximum absolute atomic E-state index is 12.2. The molecule has 1 fully saturated rings. The number of imidazole rings is 1. The standard InChI is InChI=1S/C16H21N3O3/c1-11(2)22-16(21)18-9-7-12(8-10-18)19-14-6-4-3-5-13(14)17-15(19)20/h3-6,11-12H,7-10H2,1-2H3,(H,17,20). The normalized spacial score (nSPS) is 16.4. The van der Waals surface area contributed by atoms with Gasteiger partial charge < -0.3 is 14.6 Å². The summed E-state index contributed by atoms with van der Waals surface area (Å²) in [5.41, 5.74) is 1.70. The van der Waals surface area contributed by atoms with E-state index in [0.717, 1.165) is 23.9 Å². The third-order valence-corrected chi connectivity index (χ3v) is 4.05. The molecule has 3 rings (SSSR count). The number of para-hydroxylation sites is 2. The first-order valence-electron chi connectivity index (χ1n) is 7.71. The van der Waals surface area contributed by atoms with Gasteiger partial charge in [-0.15, -0.1) is 0 Å². The molecule has 2 aromatic rings. The van der Waals surface area contributed by atoms with E-state index in [9.17, 15) is 9.59 Å². The van der Waals surface area contributed by atoms with Crippen LogP contribution >= 0.6 is 0 Å². The molecule has 0 aliphatic carbocycles. The SMILES string of the molecule is CC(C)OC(=O)N1CCC(n2c(=O)[nH]c3ccccc32)CC1. The number of piperidine rings is 1. The third-order valence-electron chi connectivity index (χ3n) is 4.05. The number of H-pyrrole nitrogens is 1.